The molecule has 5 heteroatoms. The number of halogens is 1. The van der Waals surface area contributed by atoms with Crippen molar-refractivity contribution in [3.8, 4) is 0 Å². The van der Waals surface area contributed by atoms with Crippen LogP contribution in [0, 0.1) is 5.82 Å². The van der Waals surface area contributed by atoms with E-state index in [0.29, 0.717) is 13.0 Å². The van der Waals surface area contributed by atoms with Crippen LogP contribution in [0.25, 0.3) is 0 Å². The van der Waals surface area contributed by atoms with E-state index in [0.717, 1.165) is 44.1 Å². The van der Waals surface area contributed by atoms with Crippen molar-refractivity contribution in [2.45, 2.75) is 13.3 Å². The second-order valence-electron chi connectivity index (χ2n) is 6.53. The molecule has 1 amide bonds. The molecule has 1 saturated heterocycles. The molecule has 1 aliphatic heterocycles. The van der Waals surface area contributed by atoms with E-state index >= 15 is 0 Å². The van der Waals surface area contributed by atoms with Crippen LogP contribution in [0.3, 0.4) is 0 Å². The summed E-state index contributed by atoms with van der Waals surface area (Å²) in [6.45, 7) is 7.10. The summed E-state index contributed by atoms with van der Waals surface area (Å²) in [5, 5.41) is 0. The van der Waals surface area contributed by atoms with Gasteiger partial charge < -0.3 is 9.80 Å². The normalized spacial score (nSPS) is 15.1. The van der Waals surface area contributed by atoms with Crippen LogP contribution in [0.1, 0.15) is 13.3 Å². The van der Waals surface area contributed by atoms with Crippen molar-refractivity contribution in [1.82, 2.24) is 4.90 Å². The lowest BCUT2D eigenvalue weighted by molar-refractivity contribution is -0.118. The summed E-state index contributed by atoms with van der Waals surface area (Å²) in [7, 11) is 0. The lowest BCUT2D eigenvalue weighted by Crippen LogP contribution is -2.47. The van der Waals surface area contributed by atoms with Gasteiger partial charge in [0.2, 0.25) is 5.91 Å². The number of para-hydroxylation sites is 1. The minimum absolute atomic E-state index is 0.166. The minimum Gasteiger partial charge on any atom is -0.369 e. The first-order chi connectivity index (χ1) is 12.7. The molecule has 0 unspecified atom stereocenters. The van der Waals surface area contributed by atoms with Crippen LogP contribution in [0.15, 0.2) is 54.6 Å². The van der Waals surface area contributed by atoms with Crippen LogP contribution >= 0.6 is 0 Å². The van der Waals surface area contributed by atoms with Gasteiger partial charge in [-0.05, 0) is 43.3 Å². The predicted octanol–water partition coefficient (Wildman–Crippen LogP) is 3.39. The molecule has 0 bridgehead atoms. The van der Waals surface area contributed by atoms with E-state index in [1.807, 2.05) is 54.3 Å². The minimum atomic E-state index is -0.204. The fourth-order valence-corrected chi connectivity index (χ4v) is 3.38. The first-order valence-electron chi connectivity index (χ1n) is 9.25. The first kappa shape index (κ1) is 18.4. The molecular formula is C21H26FN3O. The molecule has 1 aliphatic rings. The molecule has 0 aromatic heterocycles. The van der Waals surface area contributed by atoms with Crippen LogP contribution in [0.5, 0.6) is 0 Å². The van der Waals surface area contributed by atoms with Gasteiger partial charge in [0, 0.05) is 57.1 Å². The van der Waals surface area contributed by atoms with Gasteiger partial charge in [-0.2, -0.15) is 0 Å². The van der Waals surface area contributed by atoms with Gasteiger partial charge in [-0.25, -0.2) is 4.39 Å². The third-order valence-electron chi connectivity index (χ3n) is 4.89. The quantitative estimate of drug-likeness (QED) is 0.795. The summed E-state index contributed by atoms with van der Waals surface area (Å²) in [5.74, 6) is -0.0375. The van der Waals surface area contributed by atoms with E-state index in [4.69, 9.17) is 0 Å². The number of rotatable bonds is 6. The van der Waals surface area contributed by atoms with Gasteiger partial charge in [0.1, 0.15) is 5.82 Å². The van der Waals surface area contributed by atoms with Crippen molar-refractivity contribution in [3.63, 3.8) is 0 Å². The summed E-state index contributed by atoms with van der Waals surface area (Å²) in [6, 6.07) is 16.5. The van der Waals surface area contributed by atoms with Crippen molar-refractivity contribution in [2.24, 2.45) is 0 Å². The summed E-state index contributed by atoms with van der Waals surface area (Å²) < 4.78 is 13.0. The molecule has 0 radical (unpaired) electrons. The summed E-state index contributed by atoms with van der Waals surface area (Å²) in [6.07, 6.45) is 0.527. The van der Waals surface area contributed by atoms with Crippen molar-refractivity contribution in [1.29, 1.82) is 0 Å². The molecule has 2 aromatic carbocycles. The highest BCUT2D eigenvalue weighted by Gasteiger charge is 2.19. The second-order valence-corrected chi connectivity index (χ2v) is 6.53. The number of carbonyl (C=O) groups excluding carboxylic acids is 1. The number of nitrogens with zero attached hydrogens (tertiary/aromatic N) is 3. The van der Waals surface area contributed by atoms with E-state index in [2.05, 4.69) is 9.80 Å². The van der Waals surface area contributed by atoms with E-state index in [9.17, 15) is 9.18 Å². The van der Waals surface area contributed by atoms with Crippen molar-refractivity contribution in [3.05, 3.63) is 60.4 Å². The molecule has 0 aliphatic carbocycles. The Morgan fingerprint density at radius 2 is 1.65 bits per heavy atom. The molecule has 138 valence electrons. The second kappa shape index (κ2) is 8.81. The lowest BCUT2D eigenvalue weighted by Gasteiger charge is -2.36. The average Bonchev–Trinajstić information content (AvgIpc) is 2.69. The van der Waals surface area contributed by atoms with Gasteiger partial charge in [0.15, 0.2) is 0 Å². The summed E-state index contributed by atoms with van der Waals surface area (Å²) in [4.78, 5) is 19.0. The van der Waals surface area contributed by atoms with Gasteiger partial charge in [-0.3, -0.25) is 9.69 Å². The van der Waals surface area contributed by atoms with E-state index in [1.165, 1.54) is 12.1 Å². The number of carbonyl (C=O) groups is 1. The van der Waals surface area contributed by atoms with E-state index in [1.54, 1.807) is 0 Å². The number of piperazine rings is 1. The average molecular weight is 355 g/mol. The Kier molecular flexibility index (Phi) is 6.23. The van der Waals surface area contributed by atoms with Crippen molar-refractivity contribution >= 4 is 17.3 Å². The smallest absolute Gasteiger partial charge is 0.228 e. The molecule has 2 aromatic rings. The number of hydrogen-bond acceptors (Lipinski definition) is 3. The standard InChI is InChI=1S/C21H26FN3O/c1-2-25(20-6-4-3-5-7-20)21(26)12-13-23-14-16-24(17-15-23)19-10-8-18(22)9-11-19/h3-11H,2,12-17H2,1H3. The largest absolute Gasteiger partial charge is 0.369 e. The molecule has 1 heterocycles. The number of hydrogen-bond donors (Lipinski definition) is 0. The molecule has 3 rings (SSSR count). The van der Waals surface area contributed by atoms with Gasteiger partial charge in [0.05, 0.1) is 0 Å². The van der Waals surface area contributed by atoms with E-state index in [-0.39, 0.29) is 11.7 Å². The molecule has 26 heavy (non-hydrogen) atoms. The molecule has 1 fully saturated rings. The molecule has 4 nitrogen and oxygen atoms in total. The van der Waals surface area contributed by atoms with Crippen LogP contribution < -0.4 is 9.80 Å². The van der Waals surface area contributed by atoms with E-state index < -0.39 is 0 Å². The number of anilines is 2. The summed E-state index contributed by atoms with van der Waals surface area (Å²) in [5.41, 5.74) is 2.02. The summed E-state index contributed by atoms with van der Waals surface area (Å²) >= 11 is 0. The Morgan fingerprint density at radius 3 is 2.27 bits per heavy atom. The lowest BCUT2D eigenvalue weighted by atomic mass is 10.2. The number of amides is 1. The number of benzene rings is 2. The maximum Gasteiger partial charge on any atom is 0.228 e. The fraction of sp³-hybridized carbons (Fsp3) is 0.381. The van der Waals surface area contributed by atoms with Crippen LogP contribution in [0.4, 0.5) is 15.8 Å². The molecular weight excluding hydrogens is 329 g/mol. The fourth-order valence-electron chi connectivity index (χ4n) is 3.38. The maximum absolute atomic E-state index is 13.0. The maximum atomic E-state index is 13.0. The highest BCUT2D eigenvalue weighted by molar-refractivity contribution is 5.93. The highest BCUT2D eigenvalue weighted by atomic mass is 19.1. The van der Waals surface area contributed by atoms with Crippen LogP contribution in [-0.4, -0.2) is 50.1 Å². The highest BCUT2D eigenvalue weighted by Crippen LogP contribution is 2.18. The third-order valence-corrected chi connectivity index (χ3v) is 4.89. The van der Waals surface area contributed by atoms with Crippen LogP contribution in [0.2, 0.25) is 0 Å². The zero-order valence-corrected chi connectivity index (χ0v) is 15.3. The molecule has 0 saturated carbocycles. The Morgan fingerprint density at radius 1 is 1.00 bits per heavy atom. The van der Waals surface area contributed by atoms with Gasteiger partial charge in [-0.1, -0.05) is 18.2 Å². The molecule has 0 atom stereocenters. The third kappa shape index (κ3) is 4.61. The molecule has 0 N–H and O–H groups in total. The Balaban J connectivity index is 1.47. The predicted molar refractivity (Wildman–Crippen MR) is 104 cm³/mol. The molecule has 0 spiro atoms. The van der Waals surface area contributed by atoms with Crippen molar-refractivity contribution < 1.29 is 9.18 Å². The van der Waals surface area contributed by atoms with Crippen LogP contribution in [-0.2, 0) is 4.79 Å². The Hall–Kier alpha value is -2.40. The van der Waals surface area contributed by atoms with Crippen molar-refractivity contribution in [2.75, 3.05) is 49.1 Å². The monoisotopic (exact) mass is 355 g/mol. The topological polar surface area (TPSA) is 26.8 Å². The van der Waals surface area contributed by atoms with Gasteiger partial charge >= 0.3 is 0 Å². The SMILES string of the molecule is CCN(C(=O)CCN1CCN(c2ccc(F)cc2)CC1)c1ccccc1. The van der Waals surface area contributed by atoms with Gasteiger partial charge in [-0.15, -0.1) is 0 Å². The Labute approximate surface area is 154 Å². The zero-order valence-electron chi connectivity index (χ0n) is 15.3. The first-order valence-corrected chi connectivity index (χ1v) is 9.25. The Bertz CT molecular complexity index is 697. The van der Waals surface area contributed by atoms with Gasteiger partial charge in [0.25, 0.3) is 0 Å². The zero-order chi connectivity index (χ0) is 18.4.